The van der Waals surface area contributed by atoms with Gasteiger partial charge in [0.15, 0.2) is 5.96 Å². The first-order valence-corrected chi connectivity index (χ1v) is 9.30. The van der Waals surface area contributed by atoms with Crippen molar-refractivity contribution in [3.8, 4) is 0 Å². The minimum atomic E-state index is -0.224. The van der Waals surface area contributed by atoms with Crippen molar-refractivity contribution < 1.29 is 9.13 Å². The maximum atomic E-state index is 13.0. The van der Waals surface area contributed by atoms with Gasteiger partial charge in [0.2, 0.25) is 0 Å². The van der Waals surface area contributed by atoms with E-state index in [-0.39, 0.29) is 5.82 Å². The van der Waals surface area contributed by atoms with Gasteiger partial charge >= 0.3 is 0 Å². The first-order chi connectivity index (χ1) is 13.2. The number of guanidine groups is 1. The topological polar surface area (TPSA) is 48.9 Å². The summed E-state index contributed by atoms with van der Waals surface area (Å²) in [5.41, 5.74) is 3.53. The Balaban J connectivity index is 1.48. The molecule has 144 valence electrons. The highest BCUT2D eigenvalue weighted by molar-refractivity contribution is 5.79. The van der Waals surface area contributed by atoms with Crippen LogP contribution >= 0.6 is 0 Å². The number of benzene rings is 2. The molecule has 1 heterocycles. The molecule has 1 fully saturated rings. The fraction of sp³-hybridized carbons (Fsp3) is 0.381. The molecule has 0 aromatic heterocycles. The van der Waals surface area contributed by atoms with Crippen LogP contribution in [0.5, 0.6) is 0 Å². The molecule has 0 bridgehead atoms. The largest absolute Gasteiger partial charge is 0.379 e. The number of hydrogen-bond acceptors (Lipinski definition) is 3. The summed E-state index contributed by atoms with van der Waals surface area (Å²) in [6.07, 6.45) is 0. The molecular weight excluding hydrogens is 343 g/mol. The highest BCUT2D eigenvalue weighted by atomic mass is 19.1. The molecule has 3 rings (SSSR count). The Morgan fingerprint density at radius 1 is 1.00 bits per heavy atom. The molecule has 0 aliphatic carbocycles. The van der Waals surface area contributed by atoms with Crippen LogP contribution in [-0.2, 0) is 24.4 Å². The van der Waals surface area contributed by atoms with Crippen LogP contribution in [0.3, 0.4) is 0 Å². The van der Waals surface area contributed by atoms with E-state index < -0.39 is 0 Å². The molecule has 0 atom stereocenters. The number of rotatable bonds is 6. The smallest absolute Gasteiger partial charge is 0.191 e. The van der Waals surface area contributed by atoms with Gasteiger partial charge in [-0.3, -0.25) is 9.89 Å². The standard InChI is InChI=1S/C21H27FN4O/c1-23-21(24-14-17-5-7-20(22)8-6-17)25-15-18-3-2-4-19(13-18)16-26-9-11-27-12-10-26/h2-8,13H,9-12,14-16H2,1H3,(H2,23,24,25). The third-order valence-corrected chi connectivity index (χ3v) is 4.56. The van der Waals surface area contributed by atoms with Crippen LogP contribution < -0.4 is 10.6 Å². The van der Waals surface area contributed by atoms with Crippen molar-refractivity contribution >= 4 is 5.96 Å². The molecule has 0 saturated carbocycles. The van der Waals surface area contributed by atoms with Crippen molar-refractivity contribution in [2.24, 2.45) is 4.99 Å². The Bertz CT molecular complexity index is 742. The lowest BCUT2D eigenvalue weighted by molar-refractivity contribution is 0.0342. The molecule has 27 heavy (non-hydrogen) atoms. The van der Waals surface area contributed by atoms with E-state index in [1.807, 2.05) is 0 Å². The summed E-state index contributed by atoms with van der Waals surface area (Å²) < 4.78 is 18.4. The van der Waals surface area contributed by atoms with Crippen LogP contribution in [0.25, 0.3) is 0 Å². The van der Waals surface area contributed by atoms with E-state index in [0.717, 1.165) is 44.4 Å². The normalized spacial score (nSPS) is 15.6. The van der Waals surface area contributed by atoms with Crippen molar-refractivity contribution in [2.75, 3.05) is 33.4 Å². The van der Waals surface area contributed by atoms with Gasteiger partial charge in [0.05, 0.1) is 13.2 Å². The number of morpholine rings is 1. The molecule has 5 nitrogen and oxygen atoms in total. The van der Waals surface area contributed by atoms with Crippen molar-refractivity contribution in [3.05, 3.63) is 71.0 Å². The Labute approximate surface area is 160 Å². The first-order valence-electron chi connectivity index (χ1n) is 9.30. The molecule has 0 spiro atoms. The van der Waals surface area contributed by atoms with Gasteiger partial charge in [-0.25, -0.2) is 4.39 Å². The molecule has 2 aromatic rings. The summed E-state index contributed by atoms with van der Waals surface area (Å²) in [6, 6.07) is 15.1. The van der Waals surface area contributed by atoms with Crippen LogP contribution in [-0.4, -0.2) is 44.2 Å². The minimum Gasteiger partial charge on any atom is -0.379 e. The van der Waals surface area contributed by atoms with Crippen LogP contribution in [0.15, 0.2) is 53.5 Å². The molecule has 6 heteroatoms. The number of hydrogen-bond donors (Lipinski definition) is 2. The molecule has 1 aliphatic rings. The highest BCUT2D eigenvalue weighted by Crippen LogP contribution is 2.10. The van der Waals surface area contributed by atoms with Crippen molar-refractivity contribution in [2.45, 2.75) is 19.6 Å². The predicted molar refractivity (Wildman–Crippen MR) is 106 cm³/mol. The number of nitrogens with zero attached hydrogens (tertiary/aromatic N) is 2. The van der Waals surface area contributed by atoms with E-state index in [1.54, 1.807) is 19.2 Å². The second-order valence-electron chi connectivity index (χ2n) is 6.61. The molecule has 1 saturated heterocycles. The lowest BCUT2D eigenvalue weighted by Gasteiger charge is -2.26. The van der Waals surface area contributed by atoms with Gasteiger partial charge < -0.3 is 15.4 Å². The van der Waals surface area contributed by atoms with Crippen LogP contribution in [0, 0.1) is 5.82 Å². The van der Waals surface area contributed by atoms with Crippen LogP contribution in [0.4, 0.5) is 4.39 Å². The first kappa shape index (κ1) is 19.3. The molecule has 2 aromatic carbocycles. The second-order valence-corrected chi connectivity index (χ2v) is 6.61. The Hall–Kier alpha value is -2.44. The van der Waals surface area contributed by atoms with Crippen LogP contribution in [0.2, 0.25) is 0 Å². The van der Waals surface area contributed by atoms with Crippen LogP contribution in [0.1, 0.15) is 16.7 Å². The molecular formula is C21H27FN4O. The zero-order valence-electron chi connectivity index (χ0n) is 15.7. The third-order valence-electron chi connectivity index (χ3n) is 4.56. The second kappa shape index (κ2) is 10.0. The quantitative estimate of drug-likeness (QED) is 0.606. The van der Waals surface area contributed by atoms with E-state index in [2.05, 4.69) is 44.8 Å². The molecule has 0 amide bonds. The Kier molecular flexibility index (Phi) is 7.19. The number of ether oxygens (including phenoxy) is 1. The average Bonchev–Trinajstić information content (AvgIpc) is 2.70. The SMILES string of the molecule is CN=C(NCc1ccc(F)cc1)NCc1cccc(CN2CCOCC2)c1. The monoisotopic (exact) mass is 370 g/mol. The average molecular weight is 370 g/mol. The van der Waals surface area contributed by atoms with Gasteiger partial charge in [0.1, 0.15) is 5.82 Å². The number of nitrogens with one attached hydrogen (secondary N) is 2. The highest BCUT2D eigenvalue weighted by Gasteiger charge is 2.10. The van der Waals surface area contributed by atoms with Crippen molar-refractivity contribution in [1.82, 2.24) is 15.5 Å². The summed E-state index contributed by atoms with van der Waals surface area (Å²) in [6.45, 7) is 5.85. The lowest BCUT2D eigenvalue weighted by Crippen LogP contribution is -2.36. The van der Waals surface area contributed by atoms with Gasteiger partial charge in [-0.15, -0.1) is 0 Å². The van der Waals surface area contributed by atoms with E-state index in [1.165, 1.54) is 23.3 Å². The predicted octanol–water partition coefficient (Wildman–Crippen LogP) is 2.52. The van der Waals surface area contributed by atoms with Gasteiger partial charge in [-0.05, 0) is 28.8 Å². The summed E-state index contributed by atoms with van der Waals surface area (Å²) in [7, 11) is 1.74. The molecule has 2 N–H and O–H groups in total. The molecule has 1 aliphatic heterocycles. The van der Waals surface area contributed by atoms with Crippen molar-refractivity contribution in [1.29, 1.82) is 0 Å². The minimum absolute atomic E-state index is 0.224. The van der Waals surface area contributed by atoms with Crippen molar-refractivity contribution in [3.63, 3.8) is 0 Å². The van der Waals surface area contributed by atoms with Gasteiger partial charge in [-0.2, -0.15) is 0 Å². The Morgan fingerprint density at radius 2 is 1.67 bits per heavy atom. The summed E-state index contributed by atoms with van der Waals surface area (Å²) in [5, 5.41) is 6.58. The zero-order chi connectivity index (χ0) is 18.9. The van der Waals surface area contributed by atoms with Gasteiger partial charge in [-0.1, -0.05) is 36.4 Å². The molecule has 0 unspecified atom stereocenters. The summed E-state index contributed by atoms with van der Waals surface area (Å²) in [4.78, 5) is 6.67. The van der Waals surface area contributed by atoms with Gasteiger partial charge in [0, 0.05) is 39.8 Å². The summed E-state index contributed by atoms with van der Waals surface area (Å²) >= 11 is 0. The molecule has 0 radical (unpaired) electrons. The van der Waals surface area contributed by atoms with E-state index >= 15 is 0 Å². The fourth-order valence-corrected chi connectivity index (χ4v) is 3.05. The lowest BCUT2D eigenvalue weighted by atomic mass is 10.1. The summed E-state index contributed by atoms with van der Waals surface area (Å²) in [5.74, 6) is 0.496. The van der Waals surface area contributed by atoms with E-state index in [0.29, 0.717) is 13.1 Å². The number of halogens is 1. The maximum absolute atomic E-state index is 13.0. The number of aliphatic imine (C=N–C) groups is 1. The maximum Gasteiger partial charge on any atom is 0.191 e. The zero-order valence-corrected chi connectivity index (χ0v) is 15.7. The van der Waals surface area contributed by atoms with E-state index in [4.69, 9.17) is 4.74 Å². The third kappa shape index (κ3) is 6.34. The van der Waals surface area contributed by atoms with E-state index in [9.17, 15) is 4.39 Å². The van der Waals surface area contributed by atoms with Gasteiger partial charge in [0.25, 0.3) is 0 Å². The fourth-order valence-electron chi connectivity index (χ4n) is 3.05. The Morgan fingerprint density at radius 3 is 2.37 bits per heavy atom.